The molecule has 0 spiro atoms. The van der Waals surface area contributed by atoms with E-state index >= 15 is 0 Å². The predicted molar refractivity (Wildman–Crippen MR) is 120 cm³/mol. The fourth-order valence-corrected chi connectivity index (χ4v) is 5.13. The molecule has 2 aromatic carbocycles. The van der Waals surface area contributed by atoms with Crippen LogP contribution in [0.2, 0.25) is 0 Å². The number of amides is 1. The van der Waals surface area contributed by atoms with Gasteiger partial charge in [0.2, 0.25) is 10.0 Å². The molecule has 1 atom stereocenters. The lowest BCUT2D eigenvalue weighted by atomic mass is 10.1. The van der Waals surface area contributed by atoms with Gasteiger partial charge < -0.3 is 10.1 Å². The number of piperidine rings is 1. The molecule has 1 aliphatic rings. The Bertz CT molecular complexity index is 1020. The molecule has 1 saturated heterocycles. The van der Waals surface area contributed by atoms with E-state index in [0.29, 0.717) is 13.1 Å². The van der Waals surface area contributed by atoms with E-state index in [9.17, 15) is 18.0 Å². The summed E-state index contributed by atoms with van der Waals surface area (Å²) in [5.74, 6) is -1.11. The minimum Gasteiger partial charge on any atom is -0.452 e. The largest absolute Gasteiger partial charge is 0.452 e. The van der Waals surface area contributed by atoms with Crippen LogP contribution in [0.25, 0.3) is 0 Å². The van der Waals surface area contributed by atoms with Crippen molar-refractivity contribution in [3.05, 3.63) is 64.1 Å². The third kappa shape index (κ3) is 6.15. The molecule has 31 heavy (non-hydrogen) atoms. The van der Waals surface area contributed by atoms with Gasteiger partial charge in [-0.1, -0.05) is 34.5 Å². The highest BCUT2D eigenvalue weighted by atomic mass is 79.9. The molecule has 1 amide bonds. The van der Waals surface area contributed by atoms with Crippen molar-refractivity contribution < 1.29 is 22.7 Å². The van der Waals surface area contributed by atoms with E-state index < -0.39 is 28.5 Å². The number of ether oxygens (including phenoxy) is 1. The van der Waals surface area contributed by atoms with Gasteiger partial charge in [-0.15, -0.1) is 0 Å². The second kappa shape index (κ2) is 10.4. The molecule has 0 aromatic heterocycles. The zero-order valence-corrected chi connectivity index (χ0v) is 19.6. The normalized spacial score (nSPS) is 15.8. The fourth-order valence-electron chi connectivity index (χ4n) is 3.35. The molecule has 0 saturated carbocycles. The minimum absolute atomic E-state index is 0.145. The van der Waals surface area contributed by atoms with Crippen LogP contribution in [-0.2, 0) is 19.6 Å². The number of carbonyl (C=O) groups excluding carboxylic acids is 2. The molecular formula is C22H25BrN2O5S. The van der Waals surface area contributed by atoms with E-state index in [-0.39, 0.29) is 16.5 Å². The second-order valence-electron chi connectivity index (χ2n) is 7.41. The lowest BCUT2D eigenvalue weighted by molar-refractivity contribution is -0.124. The van der Waals surface area contributed by atoms with Gasteiger partial charge in [-0.3, -0.25) is 4.79 Å². The SMILES string of the molecule is CC(NC(=O)COC(=O)c1ccc(S(=O)(=O)N2CCCCC2)cc1)c1ccc(Br)cc1. The van der Waals surface area contributed by atoms with Crippen LogP contribution in [0.15, 0.2) is 57.9 Å². The van der Waals surface area contributed by atoms with Gasteiger partial charge in [0.15, 0.2) is 6.61 Å². The number of esters is 1. The third-order valence-electron chi connectivity index (χ3n) is 5.12. The number of hydrogen-bond acceptors (Lipinski definition) is 5. The van der Waals surface area contributed by atoms with Gasteiger partial charge in [0.05, 0.1) is 16.5 Å². The van der Waals surface area contributed by atoms with Gasteiger partial charge in [0.1, 0.15) is 0 Å². The number of carbonyl (C=O) groups is 2. The van der Waals surface area contributed by atoms with Gasteiger partial charge >= 0.3 is 5.97 Å². The summed E-state index contributed by atoms with van der Waals surface area (Å²) in [5, 5.41) is 2.77. The summed E-state index contributed by atoms with van der Waals surface area (Å²) in [4.78, 5) is 24.5. The molecule has 3 rings (SSSR count). The Morgan fingerprint density at radius 1 is 1.03 bits per heavy atom. The monoisotopic (exact) mass is 508 g/mol. The molecule has 2 aromatic rings. The van der Waals surface area contributed by atoms with Crippen LogP contribution >= 0.6 is 15.9 Å². The summed E-state index contributed by atoms with van der Waals surface area (Å²) in [5.41, 5.74) is 1.11. The summed E-state index contributed by atoms with van der Waals surface area (Å²) in [7, 11) is -3.56. The molecule has 0 aliphatic carbocycles. The molecule has 1 unspecified atom stereocenters. The van der Waals surface area contributed by atoms with Crippen molar-refractivity contribution in [3.8, 4) is 0 Å². The van der Waals surface area contributed by atoms with E-state index in [1.54, 1.807) is 0 Å². The number of hydrogen-bond donors (Lipinski definition) is 1. The van der Waals surface area contributed by atoms with Gasteiger partial charge in [0.25, 0.3) is 5.91 Å². The number of benzene rings is 2. The first kappa shape index (κ1) is 23.4. The Labute approximate surface area is 191 Å². The van der Waals surface area contributed by atoms with E-state index in [0.717, 1.165) is 29.3 Å². The van der Waals surface area contributed by atoms with Crippen molar-refractivity contribution in [3.63, 3.8) is 0 Å². The summed E-state index contributed by atoms with van der Waals surface area (Å²) >= 11 is 3.36. The van der Waals surface area contributed by atoms with E-state index in [1.165, 1.54) is 28.6 Å². The van der Waals surface area contributed by atoms with Crippen LogP contribution < -0.4 is 5.32 Å². The molecule has 7 nitrogen and oxygen atoms in total. The van der Waals surface area contributed by atoms with Crippen LogP contribution in [0.5, 0.6) is 0 Å². The molecule has 0 radical (unpaired) electrons. The maximum atomic E-state index is 12.7. The highest BCUT2D eigenvalue weighted by Crippen LogP contribution is 2.21. The standard InChI is InChI=1S/C22H25BrN2O5S/c1-16(17-5-9-19(23)10-6-17)24-21(26)15-30-22(27)18-7-11-20(12-8-18)31(28,29)25-13-3-2-4-14-25/h5-12,16H,2-4,13-15H2,1H3,(H,24,26). The van der Waals surface area contributed by atoms with Crippen molar-refractivity contribution in [1.29, 1.82) is 0 Å². The Kier molecular flexibility index (Phi) is 7.85. The summed E-state index contributed by atoms with van der Waals surface area (Å²) in [6.07, 6.45) is 2.74. The molecule has 1 heterocycles. The number of nitrogens with zero attached hydrogens (tertiary/aromatic N) is 1. The highest BCUT2D eigenvalue weighted by molar-refractivity contribution is 9.10. The highest BCUT2D eigenvalue weighted by Gasteiger charge is 2.26. The zero-order chi connectivity index (χ0) is 22.4. The second-order valence-corrected chi connectivity index (χ2v) is 10.3. The zero-order valence-electron chi connectivity index (χ0n) is 17.2. The van der Waals surface area contributed by atoms with Gasteiger partial charge in [-0.2, -0.15) is 4.31 Å². The van der Waals surface area contributed by atoms with Gasteiger partial charge in [-0.25, -0.2) is 13.2 Å². The van der Waals surface area contributed by atoms with Gasteiger partial charge in [0, 0.05) is 17.6 Å². The average Bonchev–Trinajstić information content (AvgIpc) is 2.78. The number of halogens is 1. The van der Waals surface area contributed by atoms with Gasteiger partial charge in [-0.05, 0) is 61.7 Å². The molecular weight excluding hydrogens is 484 g/mol. The Balaban J connectivity index is 1.53. The van der Waals surface area contributed by atoms with Crippen molar-refractivity contribution in [2.75, 3.05) is 19.7 Å². The van der Waals surface area contributed by atoms with Crippen molar-refractivity contribution in [2.45, 2.75) is 37.1 Å². The van der Waals surface area contributed by atoms with Crippen LogP contribution in [0, 0.1) is 0 Å². The van der Waals surface area contributed by atoms with E-state index in [2.05, 4.69) is 21.2 Å². The number of nitrogens with one attached hydrogen (secondary N) is 1. The van der Waals surface area contributed by atoms with E-state index in [1.807, 2.05) is 31.2 Å². The first-order valence-corrected chi connectivity index (χ1v) is 12.3. The van der Waals surface area contributed by atoms with Crippen molar-refractivity contribution >= 4 is 37.8 Å². The van der Waals surface area contributed by atoms with E-state index in [4.69, 9.17) is 4.74 Å². The molecule has 1 fully saturated rings. The summed E-state index contributed by atoms with van der Waals surface area (Å²) in [6.45, 7) is 2.44. The first-order valence-electron chi connectivity index (χ1n) is 10.1. The fraction of sp³-hybridized carbons (Fsp3) is 0.364. The van der Waals surface area contributed by atoms with Crippen molar-refractivity contribution in [2.24, 2.45) is 0 Å². The summed E-state index contributed by atoms with van der Waals surface area (Å²) < 4.78 is 32.8. The van der Waals surface area contributed by atoms with Crippen LogP contribution in [0.4, 0.5) is 0 Å². The third-order valence-corrected chi connectivity index (χ3v) is 7.57. The lowest BCUT2D eigenvalue weighted by Crippen LogP contribution is -2.35. The minimum atomic E-state index is -3.56. The average molecular weight is 509 g/mol. The molecule has 1 N–H and O–H groups in total. The molecule has 1 aliphatic heterocycles. The Morgan fingerprint density at radius 2 is 1.65 bits per heavy atom. The number of rotatable bonds is 7. The predicted octanol–water partition coefficient (Wildman–Crippen LogP) is 3.66. The van der Waals surface area contributed by atoms with Crippen LogP contribution in [0.1, 0.15) is 48.1 Å². The van der Waals surface area contributed by atoms with Crippen molar-refractivity contribution in [1.82, 2.24) is 9.62 Å². The summed E-state index contributed by atoms with van der Waals surface area (Å²) in [6, 6.07) is 12.9. The first-order chi connectivity index (χ1) is 14.8. The van der Waals surface area contributed by atoms with Crippen LogP contribution in [0.3, 0.4) is 0 Å². The smallest absolute Gasteiger partial charge is 0.338 e. The van der Waals surface area contributed by atoms with Crippen LogP contribution in [-0.4, -0.2) is 44.3 Å². The molecule has 166 valence electrons. The molecule has 0 bridgehead atoms. The topological polar surface area (TPSA) is 92.8 Å². The Morgan fingerprint density at radius 3 is 2.26 bits per heavy atom. The number of sulfonamides is 1. The quantitative estimate of drug-likeness (QED) is 0.576. The maximum absolute atomic E-state index is 12.7. The Hall–Kier alpha value is -2.23. The molecule has 9 heteroatoms. The lowest BCUT2D eigenvalue weighted by Gasteiger charge is -2.25. The maximum Gasteiger partial charge on any atom is 0.338 e.